The summed E-state index contributed by atoms with van der Waals surface area (Å²) in [6, 6.07) is 5.93. The van der Waals surface area contributed by atoms with E-state index in [1.807, 2.05) is 30.9 Å². The molecule has 1 N–H and O–H groups in total. The van der Waals surface area contributed by atoms with E-state index < -0.39 is 0 Å². The Balaban J connectivity index is 2.03. The molecule has 1 aromatic carbocycles. The van der Waals surface area contributed by atoms with Crippen molar-refractivity contribution in [2.45, 2.75) is 26.7 Å². The van der Waals surface area contributed by atoms with E-state index in [2.05, 4.69) is 11.4 Å². The van der Waals surface area contributed by atoms with Crippen molar-refractivity contribution >= 4 is 11.8 Å². The van der Waals surface area contributed by atoms with Crippen LogP contribution < -0.4 is 5.32 Å². The average molecular weight is 274 g/mol. The number of hydrogen-bond donors (Lipinski definition) is 1. The zero-order valence-corrected chi connectivity index (χ0v) is 12.4. The van der Waals surface area contributed by atoms with Crippen molar-refractivity contribution in [3.05, 3.63) is 34.9 Å². The summed E-state index contributed by atoms with van der Waals surface area (Å²) in [5.41, 5.74) is 2.96. The number of piperidine rings is 1. The second kappa shape index (κ2) is 6.07. The molecule has 0 unspecified atom stereocenters. The highest BCUT2D eigenvalue weighted by atomic mass is 16.2. The van der Waals surface area contributed by atoms with Gasteiger partial charge in [-0.2, -0.15) is 0 Å². The van der Waals surface area contributed by atoms with Gasteiger partial charge in [0, 0.05) is 31.6 Å². The van der Waals surface area contributed by atoms with Crippen molar-refractivity contribution in [2.75, 3.05) is 20.1 Å². The quantitative estimate of drug-likeness (QED) is 0.895. The van der Waals surface area contributed by atoms with Crippen LogP contribution in [0, 0.1) is 19.8 Å². The molecule has 0 aromatic heterocycles. The van der Waals surface area contributed by atoms with Crippen molar-refractivity contribution < 1.29 is 9.59 Å². The van der Waals surface area contributed by atoms with E-state index in [4.69, 9.17) is 0 Å². The van der Waals surface area contributed by atoms with Crippen LogP contribution in [0.4, 0.5) is 0 Å². The van der Waals surface area contributed by atoms with Crippen molar-refractivity contribution in [1.82, 2.24) is 10.2 Å². The normalized spacial score (nSPS) is 16.1. The van der Waals surface area contributed by atoms with Gasteiger partial charge < -0.3 is 10.2 Å². The van der Waals surface area contributed by atoms with E-state index in [1.165, 1.54) is 0 Å². The number of likely N-dealkylation sites (tertiary alicyclic amines) is 1. The zero-order chi connectivity index (χ0) is 14.7. The maximum absolute atomic E-state index is 12.5. The van der Waals surface area contributed by atoms with Gasteiger partial charge in [0.15, 0.2) is 0 Å². The van der Waals surface area contributed by atoms with Crippen molar-refractivity contribution in [1.29, 1.82) is 0 Å². The minimum absolute atomic E-state index is 0.0447. The first-order valence-electron chi connectivity index (χ1n) is 7.10. The highest BCUT2D eigenvalue weighted by molar-refractivity contribution is 5.94. The second-order valence-electron chi connectivity index (χ2n) is 5.56. The molecule has 2 rings (SSSR count). The Morgan fingerprint density at radius 2 is 1.65 bits per heavy atom. The van der Waals surface area contributed by atoms with E-state index in [1.54, 1.807) is 7.05 Å². The first-order valence-corrected chi connectivity index (χ1v) is 7.10. The number of benzene rings is 1. The van der Waals surface area contributed by atoms with Crippen LogP contribution in [0.5, 0.6) is 0 Å². The van der Waals surface area contributed by atoms with Crippen LogP contribution >= 0.6 is 0 Å². The maximum atomic E-state index is 12.5. The molecule has 1 heterocycles. The molecular weight excluding hydrogens is 252 g/mol. The first-order chi connectivity index (χ1) is 9.51. The largest absolute Gasteiger partial charge is 0.359 e. The van der Waals surface area contributed by atoms with Crippen molar-refractivity contribution in [2.24, 2.45) is 5.92 Å². The maximum Gasteiger partial charge on any atom is 0.253 e. The number of rotatable bonds is 2. The summed E-state index contributed by atoms with van der Waals surface area (Å²) in [5, 5.41) is 2.68. The number of carbonyl (C=O) groups is 2. The van der Waals surface area contributed by atoms with E-state index in [0.29, 0.717) is 13.1 Å². The molecule has 0 saturated carbocycles. The molecule has 1 aliphatic rings. The molecule has 0 spiro atoms. The van der Waals surface area contributed by atoms with Gasteiger partial charge in [-0.15, -0.1) is 0 Å². The highest BCUT2D eigenvalue weighted by Gasteiger charge is 2.27. The van der Waals surface area contributed by atoms with Crippen LogP contribution in [0.1, 0.15) is 34.3 Å². The standard InChI is InChI=1S/C16H22N2O2/c1-11-8-12(2)10-14(9-11)16(20)18-6-4-13(5-7-18)15(19)17-3/h8-10,13H,4-7H2,1-3H3,(H,17,19). The Bertz CT molecular complexity index is 497. The lowest BCUT2D eigenvalue weighted by Crippen LogP contribution is -2.42. The number of amides is 2. The summed E-state index contributed by atoms with van der Waals surface area (Å²) in [6.45, 7) is 5.32. The van der Waals surface area contributed by atoms with Gasteiger partial charge >= 0.3 is 0 Å². The van der Waals surface area contributed by atoms with Gasteiger partial charge in [-0.1, -0.05) is 17.2 Å². The molecule has 1 fully saturated rings. The molecule has 2 amide bonds. The van der Waals surface area contributed by atoms with Crippen LogP contribution in [0.25, 0.3) is 0 Å². The Morgan fingerprint density at radius 3 is 2.15 bits per heavy atom. The Morgan fingerprint density at radius 1 is 1.10 bits per heavy atom. The van der Waals surface area contributed by atoms with Crippen LogP contribution in [0.15, 0.2) is 18.2 Å². The third-order valence-corrected chi connectivity index (χ3v) is 3.87. The third kappa shape index (κ3) is 3.18. The minimum atomic E-state index is 0.0447. The molecule has 0 atom stereocenters. The van der Waals surface area contributed by atoms with E-state index >= 15 is 0 Å². The lowest BCUT2D eigenvalue weighted by atomic mass is 9.95. The molecule has 20 heavy (non-hydrogen) atoms. The first kappa shape index (κ1) is 14.6. The lowest BCUT2D eigenvalue weighted by Gasteiger charge is -2.31. The van der Waals surface area contributed by atoms with Gasteiger partial charge in [0.25, 0.3) is 5.91 Å². The molecule has 0 radical (unpaired) electrons. The van der Waals surface area contributed by atoms with Gasteiger partial charge in [0.2, 0.25) is 5.91 Å². The molecule has 0 aliphatic carbocycles. The van der Waals surface area contributed by atoms with E-state index in [9.17, 15) is 9.59 Å². The Kier molecular flexibility index (Phi) is 4.42. The third-order valence-electron chi connectivity index (χ3n) is 3.87. The fourth-order valence-electron chi connectivity index (χ4n) is 2.83. The Hall–Kier alpha value is -1.84. The van der Waals surface area contributed by atoms with Gasteiger partial charge in [0.05, 0.1) is 0 Å². The summed E-state index contributed by atoms with van der Waals surface area (Å²) in [7, 11) is 1.66. The van der Waals surface area contributed by atoms with Gasteiger partial charge in [-0.05, 0) is 38.8 Å². The average Bonchev–Trinajstić information content (AvgIpc) is 2.45. The predicted molar refractivity (Wildman–Crippen MR) is 78.6 cm³/mol. The molecule has 1 aromatic rings. The molecule has 108 valence electrons. The van der Waals surface area contributed by atoms with E-state index in [-0.39, 0.29) is 17.7 Å². The summed E-state index contributed by atoms with van der Waals surface area (Å²) in [6.07, 6.45) is 1.49. The number of carbonyl (C=O) groups excluding carboxylic acids is 2. The number of nitrogens with one attached hydrogen (secondary N) is 1. The van der Waals surface area contributed by atoms with Crippen molar-refractivity contribution in [3.63, 3.8) is 0 Å². The summed E-state index contributed by atoms with van der Waals surface area (Å²) >= 11 is 0. The fourth-order valence-corrected chi connectivity index (χ4v) is 2.83. The fraction of sp³-hybridized carbons (Fsp3) is 0.500. The summed E-state index contributed by atoms with van der Waals surface area (Å²) in [4.78, 5) is 25.9. The van der Waals surface area contributed by atoms with Gasteiger partial charge in [-0.25, -0.2) is 0 Å². The summed E-state index contributed by atoms with van der Waals surface area (Å²) < 4.78 is 0. The van der Waals surface area contributed by atoms with Gasteiger partial charge in [0.1, 0.15) is 0 Å². The highest BCUT2D eigenvalue weighted by Crippen LogP contribution is 2.20. The number of hydrogen-bond acceptors (Lipinski definition) is 2. The molecule has 1 saturated heterocycles. The monoisotopic (exact) mass is 274 g/mol. The lowest BCUT2D eigenvalue weighted by molar-refractivity contribution is -0.125. The van der Waals surface area contributed by atoms with Gasteiger partial charge in [-0.3, -0.25) is 9.59 Å². The van der Waals surface area contributed by atoms with Crippen LogP contribution in [-0.4, -0.2) is 36.9 Å². The molecular formula is C16H22N2O2. The van der Waals surface area contributed by atoms with Crippen molar-refractivity contribution in [3.8, 4) is 0 Å². The second-order valence-corrected chi connectivity index (χ2v) is 5.56. The molecule has 4 nitrogen and oxygen atoms in total. The smallest absolute Gasteiger partial charge is 0.253 e. The van der Waals surface area contributed by atoms with Crippen LogP contribution in [0.2, 0.25) is 0 Å². The van der Waals surface area contributed by atoms with Crippen LogP contribution in [0.3, 0.4) is 0 Å². The van der Waals surface area contributed by atoms with Crippen LogP contribution in [-0.2, 0) is 4.79 Å². The Labute approximate surface area is 120 Å². The number of aryl methyl sites for hydroxylation is 2. The molecule has 0 bridgehead atoms. The molecule has 4 heteroatoms. The SMILES string of the molecule is CNC(=O)C1CCN(C(=O)c2cc(C)cc(C)c2)CC1. The topological polar surface area (TPSA) is 49.4 Å². The predicted octanol–water partition coefficient (Wildman–Crippen LogP) is 1.90. The number of nitrogens with zero attached hydrogens (tertiary/aromatic N) is 1. The van der Waals surface area contributed by atoms with E-state index in [0.717, 1.165) is 29.5 Å². The minimum Gasteiger partial charge on any atom is -0.359 e. The summed E-state index contributed by atoms with van der Waals surface area (Å²) in [5.74, 6) is 0.207. The zero-order valence-electron chi connectivity index (χ0n) is 12.4. The molecule has 1 aliphatic heterocycles.